The molecule has 0 radical (unpaired) electrons. The molecule has 0 bridgehead atoms. The topological polar surface area (TPSA) is 60.9 Å². The molecule has 1 saturated carbocycles. The van der Waals surface area contributed by atoms with Gasteiger partial charge < -0.3 is 14.9 Å². The zero-order valence-electron chi connectivity index (χ0n) is 13.3. The van der Waals surface area contributed by atoms with Gasteiger partial charge in [0.15, 0.2) is 0 Å². The molecular formula is C16H28N2O3. The molecule has 1 aliphatic heterocycles. The van der Waals surface area contributed by atoms with Crippen molar-refractivity contribution in [1.29, 1.82) is 0 Å². The van der Waals surface area contributed by atoms with Crippen LogP contribution >= 0.6 is 0 Å². The summed E-state index contributed by atoms with van der Waals surface area (Å²) < 4.78 is 0. The van der Waals surface area contributed by atoms with Crippen LogP contribution < -0.4 is 0 Å². The van der Waals surface area contributed by atoms with E-state index in [2.05, 4.69) is 4.90 Å². The van der Waals surface area contributed by atoms with E-state index in [4.69, 9.17) is 5.11 Å². The Morgan fingerprint density at radius 2 is 1.86 bits per heavy atom. The van der Waals surface area contributed by atoms with Crippen LogP contribution in [0, 0.1) is 5.41 Å². The molecule has 5 heteroatoms. The second-order valence-corrected chi connectivity index (χ2v) is 7.10. The SMILES string of the molecule is CN(C)CC1CCCN1C(=O)CC1(CC(=O)O)CCCC1. The lowest BCUT2D eigenvalue weighted by Gasteiger charge is -2.32. The van der Waals surface area contributed by atoms with E-state index in [1.165, 1.54) is 0 Å². The third-order valence-electron chi connectivity index (χ3n) is 4.99. The van der Waals surface area contributed by atoms with Crippen LogP contribution in [-0.2, 0) is 9.59 Å². The normalized spacial score (nSPS) is 24.7. The predicted octanol–water partition coefficient (Wildman–Crippen LogP) is 1.96. The minimum Gasteiger partial charge on any atom is -0.481 e. The monoisotopic (exact) mass is 296 g/mol. The number of carboxylic acids is 1. The zero-order chi connectivity index (χ0) is 15.5. The first-order chi connectivity index (χ1) is 9.92. The number of amides is 1. The largest absolute Gasteiger partial charge is 0.481 e. The first kappa shape index (κ1) is 16.3. The Morgan fingerprint density at radius 1 is 1.19 bits per heavy atom. The van der Waals surface area contributed by atoms with Crippen molar-refractivity contribution in [2.75, 3.05) is 27.2 Å². The first-order valence-electron chi connectivity index (χ1n) is 8.08. The van der Waals surface area contributed by atoms with E-state index in [0.717, 1.165) is 51.6 Å². The summed E-state index contributed by atoms with van der Waals surface area (Å²) in [6, 6.07) is 0.302. The molecule has 2 aliphatic rings. The molecular weight excluding hydrogens is 268 g/mol. The highest BCUT2D eigenvalue weighted by molar-refractivity contribution is 5.79. The Bertz CT molecular complexity index is 389. The first-order valence-corrected chi connectivity index (χ1v) is 8.08. The van der Waals surface area contributed by atoms with Gasteiger partial charge in [-0.05, 0) is 45.2 Å². The van der Waals surface area contributed by atoms with Gasteiger partial charge in [-0.3, -0.25) is 9.59 Å². The highest BCUT2D eigenvalue weighted by Gasteiger charge is 2.40. The molecule has 1 heterocycles. The summed E-state index contributed by atoms with van der Waals surface area (Å²) >= 11 is 0. The summed E-state index contributed by atoms with van der Waals surface area (Å²) in [4.78, 5) is 28.0. The lowest BCUT2D eigenvalue weighted by Crippen LogP contribution is -2.43. The van der Waals surface area contributed by atoms with E-state index in [1.54, 1.807) is 0 Å². The minimum atomic E-state index is -0.768. The van der Waals surface area contributed by atoms with Crippen LogP contribution in [0.2, 0.25) is 0 Å². The number of likely N-dealkylation sites (N-methyl/N-ethyl adjacent to an activating group) is 1. The molecule has 21 heavy (non-hydrogen) atoms. The van der Waals surface area contributed by atoms with Gasteiger partial charge in [0.05, 0.1) is 6.42 Å². The molecule has 0 spiro atoms. The maximum atomic E-state index is 12.7. The molecule has 5 nitrogen and oxygen atoms in total. The molecule has 1 unspecified atom stereocenters. The van der Waals surface area contributed by atoms with Gasteiger partial charge in [-0.2, -0.15) is 0 Å². The molecule has 1 N–H and O–H groups in total. The van der Waals surface area contributed by atoms with E-state index in [0.29, 0.717) is 12.5 Å². The van der Waals surface area contributed by atoms with Crippen molar-refractivity contribution in [2.24, 2.45) is 5.41 Å². The van der Waals surface area contributed by atoms with Crippen molar-refractivity contribution in [3.05, 3.63) is 0 Å². The van der Waals surface area contributed by atoms with Crippen LogP contribution in [0.1, 0.15) is 51.4 Å². The molecule has 2 rings (SSSR count). The number of rotatable bonds is 6. The fourth-order valence-corrected chi connectivity index (χ4v) is 4.06. The predicted molar refractivity (Wildman–Crippen MR) is 81.1 cm³/mol. The summed E-state index contributed by atoms with van der Waals surface area (Å²) in [5.41, 5.74) is -0.284. The van der Waals surface area contributed by atoms with Gasteiger partial charge in [-0.25, -0.2) is 0 Å². The second-order valence-electron chi connectivity index (χ2n) is 7.10. The number of hydrogen-bond donors (Lipinski definition) is 1. The summed E-state index contributed by atoms with van der Waals surface area (Å²) in [6.07, 6.45) is 6.58. The lowest BCUT2D eigenvalue weighted by atomic mass is 9.79. The van der Waals surface area contributed by atoms with Crippen LogP contribution in [0.15, 0.2) is 0 Å². The van der Waals surface area contributed by atoms with Crippen LogP contribution in [0.4, 0.5) is 0 Å². The molecule has 0 aromatic heterocycles. The average Bonchev–Trinajstić information content (AvgIpc) is 2.97. The highest BCUT2D eigenvalue weighted by atomic mass is 16.4. The fourth-order valence-electron chi connectivity index (χ4n) is 4.06. The standard InChI is InChI=1S/C16H28N2O3/c1-17(2)12-13-6-5-9-18(13)14(19)10-16(11-15(20)21)7-3-4-8-16/h13H,3-12H2,1-2H3,(H,20,21). The number of nitrogens with zero attached hydrogens (tertiary/aromatic N) is 2. The Kier molecular flexibility index (Phi) is 5.25. The molecule has 1 aliphatic carbocycles. The molecule has 1 amide bonds. The summed E-state index contributed by atoms with van der Waals surface area (Å²) in [5, 5.41) is 9.16. The van der Waals surface area contributed by atoms with E-state index in [9.17, 15) is 9.59 Å². The van der Waals surface area contributed by atoms with Gasteiger partial charge >= 0.3 is 5.97 Å². The zero-order valence-corrected chi connectivity index (χ0v) is 13.3. The fraction of sp³-hybridized carbons (Fsp3) is 0.875. The van der Waals surface area contributed by atoms with Crippen molar-refractivity contribution in [2.45, 2.75) is 57.4 Å². The quantitative estimate of drug-likeness (QED) is 0.814. The van der Waals surface area contributed by atoms with Crippen LogP contribution in [0.25, 0.3) is 0 Å². The van der Waals surface area contributed by atoms with Crippen LogP contribution in [-0.4, -0.2) is 60.0 Å². The molecule has 0 aromatic carbocycles. The van der Waals surface area contributed by atoms with E-state index >= 15 is 0 Å². The van der Waals surface area contributed by atoms with Crippen molar-refractivity contribution in [3.63, 3.8) is 0 Å². The van der Waals surface area contributed by atoms with Crippen molar-refractivity contribution >= 4 is 11.9 Å². The van der Waals surface area contributed by atoms with Gasteiger partial charge in [-0.1, -0.05) is 12.8 Å². The van der Waals surface area contributed by atoms with Crippen molar-refractivity contribution in [1.82, 2.24) is 9.80 Å². The Labute approximate surface area is 127 Å². The van der Waals surface area contributed by atoms with Crippen molar-refractivity contribution in [3.8, 4) is 0 Å². The summed E-state index contributed by atoms with van der Waals surface area (Å²) in [7, 11) is 4.06. The van der Waals surface area contributed by atoms with Crippen molar-refractivity contribution < 1.29 is 14.7 Å². The molecule has 120 valence electrons. The smallest absolute Gasteiger partial charge is 0.303 e. The second kappa shape index (κ2) is 6.77. The van der Waals surface area contributed by atoms with Gasteiger partial charge in [0.25, 0.3) is 0 Å². The van der Waals surface area contributed by atoms with Gasteiger partial charge in [0.2, 0.25) is 5.91 Å². The molecule has 1 atom stereocenters. The maximum Gasteiger partial charge on any atom is 0.303 e. The third-order valence-corrected chi connectivity index (χ3v) is 4.99. The number of hydrogen-bond acceptors (Lipinski definition) is 3. The van der Waals surface area contributed by atoms with Gasteiger partial charge in [0.1, 0.15) is 0 Å². The third kappa shape index (κ3) is 4.19. The van der Waals surface area contributed by atoms with Gasteiger partial charge in [0, 0.05) is 25.6 Å². The minimum absolute atomic E-state index is 0.144. The Balaban J connectivity index is 1.99. The summed E-state index contributed by atoms with van der Waals surface area (Å²) in [6.45, 7) is 1.73. The average molecular weight is 296 g/mol. The van der Waals surface area contributed by atoms with E-state index in [-0.39, 0.29) is 17.7 Å². The number of likely N-dealkylation sites (tertiary alicyclic amines) is 1. The number of carbonyl (C=O) groups is 2. The lowest BCUT2D eigenvalue weighted by molar-refractivity contribution is -0.141. The molecule has 0 aromatic rings. The number of carboxylic acid groups (broad SMARTS) is 1. The highest BCUT2D eigenvalue weighted by Crippen LogP contribution is 2.44. The maximum absolute atomic E-state index is 12.7. The molecule has 2 fully saturated rings. The summed E-state index contributed by atoms with van der Waals surface area (Å²) in [5.74, 6) is -0.599. The Morgan fingerprint density at radius 3 is 2.43 bits per heavy atom. The molecule has 1 saturated heterocycles. The number of aliphatic carboxylic acids is 1. The Hall–Kier alpha value is -1.10. The number of carbonyl (C=O) groups excluding carboxylic acids is 1. The van der Waals surface area contributed by atoms with Crippen LogP contribution in [0.5, 0.6) is 0 Å². The van der Waals surface area contributed by atoms with E-state index in [1.807, 2.05) is 19.0 Å². The van der Waals surface area contributed by atoms with Gasteiger partial charge in [-0.15, -0.1) is 0 Å². The van der Waals surface area contributed by atoms with E-state index < -0.39 is 5.97 Å². The van der Waals surface area contributed by atoms with Crippen LogP contribution in [0.3, 0.4) is 0 Å².